The average molecular weight is 624 g/mol. The van der Waals surface area contributed by atoms with Crippen molar-refractivity contribution in [1.82, 2.24) is 15.1 Å². The number of nitrogens with zero attached hydrogens (tertiary/aromatic N) is 2. The smallest absolute Gasteiger partial charge is 0.330 e. The molecule has 3 amide bonds. The minimum Gasteiger partial charge on any atom is -0.462 e. The molecule has 0 fully saturated rings. The van der Waals surface area contributed by atoms with Gasteiger partial charge in [0, 0.05) is 62.7 Å². The number of allylic oxidation sites excluding steroid dienone is 1. The molecule has 14 nitrogen and oxygen atoms in total. The number of ether oxygens (including phenoxy) is 3. The van der Waals surface area contributed by atoms with E-state index in [4.69, 9.17) is 14.2 Å². The molecule has 0 aliphatic heterocycles. The number of nitrogens with one attached hydrogen (secondary N) is 1. The lowest BCUT2D eigenvalue weighted by molar-refractivity contribution is -0.145. The van der Waals surface area contributed by atoms with Crippen LogP contribution < -0.4 is 5.32 Å². The number of aliphatic hydroxyl groups excluding tert-OH is 2. The molecule has 3 N–H and O–H groups in total. The van der Waals surface area contributed by atoms with E-state index in [0.717, 1.165) is 24.3 Å². The van der Waals surface area contributed by atoms with Gasteiger partial charge < -0.3 is 39.5 Å². The van der Waals surface area contributed by atoms with E-state index in [1.807, 2.05) is 0 Å². The molecule has 1 atom stereocenters. The summed E-state index contributed by atoms with van der Waals surface area (Å²) in [5.74, 6) is -2.93. The van der Waals surface area contributed by atoms with Crippen LogP contribution in [0.1, 0.15) is 33.1 Å². The Balaban J connectivity index is 5.78. The first kappa shape index (κ1) is 39.7. The number of rotatable bonds is 23. The maximum Gasteiger partial charge on any atom is 0.330 e. The highest BCUT2D eigenvalue weighted by Crippen LogP contribution is 2.29. The van der Waals surface area contributed by atoms with Crippen LogP contribution in [0.2, 0.25) is 0 Å². The van der Waals surface area contributed by atoms with Gasteiger partial charge in [0.2, 0.25) is 5.91 Å². The van der Waals surface area contributed by atoms with Gasteiger partial charge in [0.1, 0.15) is 18.8 Å². The van der Waals surface area contributed by atoms with Crippen molar-refractivity contribution in [2.45, 2.75) is 38.6 Å². The lowest BCUT2D eigenvalue weighted by Gasteiger charge is -2.34. The van der Waals surface area contributed by atoms with Crippen LogP contribution in [0.4, 0.5) is 4.79 Å². The van der Waals surface area contributed by atoms with Crippen molar-refractivity contribution >= 4 is 35.6 Å². The van der Waals surface area contributed by atoms with Crippen LogP contribution in [-0.2, 0) is 38.2 Å². The lowest BCUT2D eigenvalue weighted by Crippen LogP contribution is -2.58. The lowest BCUT2D eigenvalue weighted by atomic mass is 9.81. The zero-order valence-corrected chi connectivity index (χ0v) is 25.6. The van der Waals surface area contributed by atoms with Crippen LogP contribution in [0, 0.1) is 5.41 Å². The third-order valence-electron chi connectivity index (χ3n) is 6.34. The minimum atomic E-state index is -1.39. The number of hydrogen-bond donors (Lipinski definition) is 3. The van der Waals surface area contributed by atoms with E-state index < -0.39 is 54.0 Å². The first-order chi connectivity index (χ1) is 20.7. The second kappa shape index (κ2) is 20.6. The Bertz CT molecular complexity index is 927. The highest BCUT2D eigenvalue weighted by Gasteiger charge is 2.34. The van der Waals surface area contributed by atoms with Crippen LogP contribution in [-0.4, -0.2) is 120 Å². The Morgan fingerprint density at radius 2 is 1.16 bits per heavy atom. The summed E-state index contributed by atoms with van der Waals surface area (Å²) in [6, 6.07) is -0.730. The summed E-state index contributed by atoms with van der Waals surface area (Å²) < 4.78 is 15.3. The molecule has 0 saturated heterocycles. The third kappa shape index (κ3) is 15.8. The SMILES string of the molecule is C=CC(=O)CCC(C)(COC(=O)C=C)CC(=O)N(CCO)CCN(CCO)C(=O)NC(C)(COC(=O)C=C)COC(=O)C=C. The molecule has 0 bridgehead atoms. The van der Waals surface area contributed by atoms with E-state index in [0.29, 0.717) is 0 Å². The average Bonchev–Trinajstić information content (AvgIpc) is 3.01. The Hall–Kier alpha value is -4.30. The minimum absolute atomic E-state index is 0.0610. The van der Waals surface area contributed by atoms with Crippen LogP contribution in [0.25, 0.3) is 0 Å². The van der Waals surface area contributed by atoms with Crippen LogP contribution in [0.15, 0.2) is 50.6 Å². The second-order valence-electron chi connectivity index (χ2n) is 10.4. The van der Waals surface area contributed by atoms with E-state index in [2.05, 4.69) is 31.6 Å². The number of hydrogen-bond acceptors (Lipinski definition) is 11. The van der Waals surface area contributed by atoms with Crippen LogP contribution in [0.3, 0.4) is 0 Å². The van der Waals surface area contributed by atoms with Gasteiger partial charge in [0.15, 0.2) is 5.78 Å². The molecular formula is C30H45N3O11. The summed E-state index contributed by atoms with van der Waals surface area (Å²) in [5, 5.41) is 21.8. The van der Waals surface area contributed by atoms with Gasteiger partial charge in [-0.1, -0.05) is 33.2 Å². The van der Waals surface area contributed by atoms with Crippen molar-refractivity contribution in [3.63, 3.8) is 0 Å². The molecule has 0 spiro atoms. The molecule has 1 unspecified atom stereocenters. The highest BCUT2D eigenvalue weighted by molar-refractivity contribution is 5.89. The van der Waals surface area contributed by atoms with Gasteiger partial charge in [-0.25, -0.2) is 19.2 Å². The summed E-state index contributed by atoms with van der Waals surface area (Å²) in [6.45, 7) is 14.4. The summed E-state index contributed by atoms with van der Waals surface area (Å²) in [4.78, 5) is 75.9. The largest absolute Gasteiger partial charge is 0.462 e. The Morgan fingerprint density at radius 3 is 1.61 bits per heavy atom. The molecule has 0 rings (SSSR count). The first-order valence-corrected chi connectivity index (χ1v) is 13.8. The predicted octanol–water partition coefficient (Wildman–Crippen LogP) is 0.689. The van der Waals surface area contributed by atoms with E-state index >= 15 is 0 Å². The molecule has 0 aromatic heterocycles. The van der Waals surface area contributed by atoms with Crippen molar-refractivity contribution in [3.8, 4) is 0 Å². The zero-order chi connectivity index (χ0) is 33.8. The summed E-state index contributed by atoms with van der Waals surface area (Å²) in [6.07, 6.45) is 4.10. The molecule has 0 aliphatic carbocycles. The molecule has 0 aliphatic rings. The zero-order valence-electron chi connectivity index (χ0n) is 25.6. The molecule has 14 heteroatoms. The van der Waals surface area contributed by atoms with E-state index in [-0.39, 0.29) is 71.0 Å². The fourth-order valence-corrected chi connectivity index (χ4v) is 3.71. The molecule has 0 aromatic carbocycles. The first-order valence-electron chi connectivity index (χ1n) is 13.8. The number of esters is 3. The van der Waals surface area contributed by atoms with Crippen LogP contribution >= 0.6 is 0 Å². The van der Waals surface area contributed by atoms with Gasteiger partial charge in [-0.15, -0.1) is 0 Å². The summed E-state index contributed by atoms with van der Waals surface area (Å²) >= 11 is 0. The monoisotopic (exact) mass is 623 g/mol. The highest BCUT2D eigenvalue weighted by atomic mass is 16.6. The fraction of sp³-hybridized carbons (Fsp3) is 0.533. The van der Waals surface area contributed by atoms with Gasteiger partial charge >= 0.3 is 23.9 Å². The maximum atomic E-state index is 13.4. The number of carbonyl (C=O) groups is 6. The number of amides is 3. The molecule has 44 heavy (non-hydrogen) atoms. The number of aliphatic hydroxyl groups is 2. The molecule has 0 saturated carbocycles. The molecule has 0 radical (unpaired) electrons. The summed E-state index contributed by atoms with van der Waals surface area (Å²) in [7, 11) is 0. The third-order valence-corrected chi connectivity index (χ3v) is 6.34. The molecule has 246 valence electrons. The standard InChI is InChI=1S/C30H45N3O11/c1-7-23(36)11-12-29(5,20-42-25(38)8-2)19-24(37)32(15-17-34)13-14-33(16-18-35)28(41)31-30(6,21-43-26(39)9-3)22-44-27(40)10-4/h7-10,34-35H,1-4,11-22H2,5-6H3,(H,31,41). The second-order valence-corrected chi connectivity index (χ2v) is 10.4. The Kier molecular flexibility index (Phi) is 18.6. The normalized spacial score (nSPS) is 12.0. The van der Waals surface area contributed by atoms with Crippen molar-refractivity contribution in [3.05, 3.63) is 50.6 Å². The number of urea groups is 1. The van der Waals surface area contributed by atoms with E-state index in [1.165, 1.54) is 16.7 Å². The molecular weight excluding hydrogens is 578 g/mol. The quantitative estimate of drug-likeness (QED) is 0.0825. The molecule has 0 aromatic rings. The fourth-order valence-electron chi connectivity index (χ4n) is 3.71. The molecule has 0 heterocycles. The van der Waals surface area contributed by atoms with Crippen molar-refractivity contribution in [2.75, 3.05) is 59.2 Å². The summed E-state index contributed by atoms with van der Waals surface area (Å²) in [5.41, 5.74) is -2.34. The van der Waals surface area contributed by atoms with Gasteiger partial charge in [0.05, 0.1) is 19.8 Å². The van der Waals surface area contributed by atoms with Gasteiger partial charge in [-0.05, 0) is 19.4 Å². The van der Waals surface area contributed by atoms with Crippen LogP contribution in [0.5, 0.6) is 0 Å². The van der Waals surface area contributed by atoms with E-state index in [9.17, 15) is 39.0 Å². The number of ketones is 1. The van der Waals surface area contributed by atoms with Gasteiger partial charge in [-0.3, -0.25) is 9.59 Å². The van der Waals surface area contributed by atoms with E-state index in [1.54, 1.807) is 6.92 Å². The Labute approximate surface area is 258 Å². The van der Waals surface area contributed by atoms with Crippen molar-refractivity contribution in [1.29, 1.82) is 0 Å². The maximum absolute atomic E-state index is 13.4. The predicted molar refractivity (Wildman–Crippen MR) is 160 cm³/mol. The topological polar surface area (TPSA) is 189 Å². The van der Waals surface area contributed by atoms with Gasteiger partial charge in [-0.2, -0.15) is 0 Å². The number of carbonyl (C=O) groups excluding carboxylic acids is 6. The Morgan fingerprint density at radius 1 is 0.705 bits per heavy atom. The van der Waals surface area contributed by atoms with Crippen molar-refractivity contribution in [2.24, 2.45) is 5.41 Å². The van der Waals surface area contributed by atoms with Gasteiger partial charge in [0.25, 0.3) is 0 Å². The van der Waals surface area contributed by atoms with Crippen molar-refractivity contribution < 1.29 is 53.2 Å².